The van der Waals surface area contributed by atoms with Crippen molar-refractivity contribution >= 4 is 5.91 Å². The Labute approximate surface area is 156 Å². The summed E-state index contributed by atoms with van der Waals surface area (Å²) in [6.45, 7) is 3.67. The lowest BCUT2D eigenvalue weighted by Crippen LogP contribution is -2.59. The standard InChI is InChI=1S/C23H28N2O/c26-22-23(14-7-16-24(22)19-21-11-5-2-6-12-21)15-8-17-25(23)18-13-20-9-3-1-4-10-20/h1-6,9-12H,7-8,13-19H2. The van der Waals surface area contributed by atoms with Crippen LogP contribution in [0, 0.1) is 0 Å². The molecule has 0 bridgehead atoms. The number of carbonyl (C=O) groups is 1. The second-order valence-electron chi connectivity index (χ2n) is 7.67. The minimum absolute atomic E-state index is 0.248. The van der Waals surface area contributed by atoms with Gasteiger partial charge in [0.15, 0.2) is 0 Å². The smallest absolute Gasteiger partial charge is 0.243 e. The van der Waals surface area contributed by atoms with Gasteiger partial charge in [-0.3, -0.25) is 9.69 Å². The summed E-state index contributed by atoms with van der Waals surface area (Å²) in [5.41, 5.74) is 2.34. The average Bonchev–Trinajstić information content (AvgIpc) is 3.09. The molecule has 0 radical (unpaired) electrons. The summed E-state index contributed by atoms with van der Waals surface area (Å²) in [5.74, 6) is 0.359. The van der Waals surface area contributed by atoms with Gasteiger partial charge in [-0.05, 0) is 49.8 Å². The Balaban J connectivity index is 1.47. The molecule has 1 spiro atoms. The molecule has 2 heterocycles. The van der Waals surface area contributed by atoms with Crippen molar-refractivity contribution in [3.8, 4) is 0 Å². The molecule has 2 saturated heterocycles. The lowest BCUT2D eigenvalue weighted by atomic mass is 9.85. The highest BCUT2D eigenvalue weighted by molar-refractivity contribution is 5.87. The first-order valence-electron chi connectivity index (χ1n) is 9.90. The van der Waals surface area contributed by atoms with Crippen LogP contribution in [0.2, 0.25) is 0 Å². The molecule has 3 heteroatoms. The average molecular weight is 348 g/mol. The third kappa shape index (κ3) is 3.41. The van der Waals surface area contributed by atoms with Crippen molar-refractivity contribution in [2.24, 2.45) is 0 Å². The molecule has 2 aliphatic rings. The van der Waals surface area contributed by atoms with E-state index in [2.05, 4.69) is 64.4 Å². The SMILES string of the molecule is O=C1N(Cc2ccccc2)CCCC12CCCN2CCc1ccccc1. The molecule has 1 atom stereocenters. The molecule has 1 unspecified atom stereocenters. The fraction of sp³-hybridized carbons (Fsp3) is 0.435. The van der Waals surface area contributed by atoms with Crippen LogP contribution in [0.4, 0.5) is 0 Å². The molecule has 1 amide bonds. The van der Waals surface area contributed by atoms with Crippen molar-refractivity contribution in [3.05, 3.63) is 71.8 Å². The van der Waals surface area contributed by atoms with E-state index in [9.17, 15) is 4.79 Å². The molecule has 0 saturated carbocycles. The van der Waals surface area contributed by atoms with Gasteiger partial charge in [0, 0.05) is 19.6 Å². The van der Waals surface area contributed by atoms with E-state index in [4.69, 9.17) is 0 Å². The van der Waals surface area contributed by atoms with E-state index in [1.807, 2.05) is 6.07 Å². The first-order chi connectivity index (χ1) is 12.8. The highest BCUT2D eigenvalue weighted by Gasteiger charge is 2.50. The van der Waals surface area contributed by atoms with Crippen LogP contribution in [0.15, 0.2) is 60.7 Å². The molecule has 4 rings (SSSR count). The summed E-state index contributed by atoms with van der Waals surface area (Å²) in [5, 5.41) is 0. The fourth-order valence-electron chi connectivity index (χ4n) is 4.71. The minimum Gasteiger partial charge on any atom is -0.337 e. The maximum Gasteiger partial charge on any atom is 0.243 e. The second kappa shape index (κ2) is 7.63. The summed E-state index contributed by atoms with van der Waals surface area (Å²) in [4.78, 5) is 18.0. The molecule has 2 aromatic carbocycles. The number of nitrogens with zero attached hydrogens (tertiary/aromatic N) is 2. The number of carbonyl (C=O) groups excluding carboxylic acids is 1. The van der Waals surface area contributed by atoms with Crippen molar-refractivity contribution in [2.75, 3.05) is 19.6 Å². The van der Waals surface area contributed by atoms with Gasteiger partial charge >= 0.3 is 0 Å². The van der Waals surface area contributed by atoms with Crippen LogP contribution in [0.3, 0.4) is 0 Å². The van der Waals surface area contributed by atoms with E-state index < -0.39 is 0 Å². The maximum absolute atomic E-state index is 13.5. The molecular weight excluding hydrogens is 320 g/mol. The van der Waals surface area contributed by atoms with Gasteiger partial charge in [0.1, 0.15) is 5.54 Å². The zero-order valence-corrected chi connectivity index (χ0v) is 15.4. The van der Waals surface area contributed by atoms with Gasteiger partial charge in [-0.2, -0.15) is 0 Å². The van der Waals surface area contributed by atoms with Crippen LogP contribution < -0.4 is 0 Å². The molecule has 3 nitrogen and oxygen atoms in total. The number of amides is 1. The minimum atomic E-state index is -0.248. The predicted molar refractivity (Wildman–Crippen MR) is 105 cm³/mol. The van der Waals surface area contributed by atoms with Crippen LogP contribution in [0.25, 0.3) is 0 Å². The number of rotatable bonds is 5. The summed E-state index contributed by atoms with van der Waals surface area (Å²) in [6.07, 6.45) is 5.31. The van der Waals surface area contributed by atoms with Gasteiger partial charge in [-0.25, -0.2) is 0 Å². The molecule has 0 N–H and O–H groups in total. The third-order valence-electron chi connectivity index (χ3n) is 6.06. The normalized spacial score (nSPS) is 23.7. The largest absolute Gasteiger partial charge is 0.337 e. The molecule has 136 valence electrons. The summed E-state index contributed by atoms with van der Waals surface area (Å²) >= 11 is 0. The predicted octanol–water partition coefficient (Wildman–Crippen LogP) is 3.89. The van der Waals surface area contributed by atoms with Crippen molar-refractivity contribution < 1.29 is 4.79 Å². The van der Waals surface area contributed by atoms with E-state index >= 15 is 0 Å². The third-order valence-corrected chi connectivity index (χ3v) is 6.06. The molecule has 0 aromatic heterocycles. The zero-order chi connectivity index (χ0) is 17.8. The second-order valence-corrected chi connectivity index (χ2v) is 7.67. The number of likely N-dealkylation sites (tertiary alicyclic amines) is 2. The van der Waals surface area contributed by atoms with Crippen molar-refractivity contribution in [1.82, 2.24) is 9.80 Å². The Morgan fingerprint density at radius 1 is 0.808 bits per heavy atom. The van der Waals surface area contributed by atoms with Gasteiger partial charge in [-0.1, -0.05) is 60.7 Å². The van der Waals surface area contributed by atoms with E-state index in [0.717, 1.165) is 58.3 Å². The molecule has 2 fully saturated rings. The van der Waals surface area contributed by atoms with Gasteiger partial charge in [-0.15, -0.1) is 0 Å². The Kier molecular flexibility index (Phi) is 5.07. The van der Waals surface area contributed by atoms with Gasteiger partial charge in [0.05, 0.1) is 0 Å². The van der Waals surface area contributed by atoms with Crippen LogP contribution in [0.1, 0.15) is 36.8 Å². The Morgan fingerprint density at radius 3 is 2.12 bits per heavy atom. The van der Waals surface area contributed by atoms with E-state index in [1.54, 1.807) is 0 Å². The van der Waals surface area contributed by atoms with Gasteiger partial charge in [0.2, 0.25) is 5.91 Å². The Bertz CT molecular complexity index is 730. The first kappa shape index (κ1) is 17.3. The highest BCUT2D eigenvalue weighted by Crippen LogP contribution is 2.38. The maximum atomic E-state index is 13.5. The lowest BCUT2D eigenvalue weighted by Gasteiger charge is -2.45. The molecule has 2 aliphatic heterocycles. The monoisotopic (exact) mass is 348 g/mol. The topological polar surface area (TPSA) is 23.6 Å². The van der Waals surface area contributed by atoms with Crippen LogP contribution in [-0.4, -0.2) is 40.9 Å². The van der Waals surface area contributed by atoms with Gasteiger partial charge in [0.25, 0.3) is 0 Å². The van der Waals surface area contributed by atoms with Crippen molar-refractivity contribution in [3.63, 3.8) is 0 Å². The summed E-state index contributed by atoms with van der Waals surface area (Å²) in [6, 6.07) is 21.0. The molecule has 26 heavy (non-hydrogen) atoms. The van der Waals surface area contributed by atoms with Crippen LogP contribution in [-0.2, 0) is 17.8 Å². The number of benzene rings is 2. The number of hydrogen-bond donors (Lipinski definition) is 0. The van der Waals surface area contributed by atoms with E-state index in [0.29, 0.717) is 5.91 Å². The fourth-order valence-corrected chi connectivity index (χ4v) is 4.71. The van der Waals surface area contributed by atoms with Crippen molar-refractivity contribution in [2.45, 2.75) is 44.2 Å². The first-order valence-corrected chi connectivity index (χ1v) is 9.90. The van der Waals surface area contributed by atoms with E-state index in [1.165, 1.54) is 11.1 Å². The van der Waals surface area contributed by atoms with Crippen molar-refractivity contribution in [1.29, 1.82) is 0 Å². The Morgan fingerprint density at radius 2 is 1.42 bits per heavy atom. The van der Waals surface area contributed by atoms with Crippen LogP contribution >= 0.6 is 0 Å². The number of piperidine rings is 1. The van der Waals surface area contributed by atoms with Gasteiger partial charge < -0.3 is 4.90 Å². The van der Waals surface area contributed by atoms with E-state index in [-0.39, 0.29) is 5.54 Å². The highest BCUT2D eigenvalue weighted by atomic mass is 16.2. The summed E-state index contributed by atoms with van der Waals surface area (Å²) < 4.78 is 0. The molecular formula is C23H28N2O. The van der Waals surface area contributed by atoms with Crippen LogP contribution in [0.5, 0.6) is 0 Å². The zero-order valence-electron chi connectivity index (χ0n) is 15.4. The Hall–Kier alpha value is -2.13. The molecule has 0 aliphatic carbocycles. The lowest BCUT2D eigenvalue weighted by molar-refractivity contribution is -0.148. The quantitative estimate of drug-likeness (QED) is 0.818. The molecule has 2 aromatic rings. The number of hydrogen-bond acceptors (Lipinski definition) is 2. The summed E-state index contributed by atoms with van der Waals surface area (Å²) in [7, 11) is 0.